The monoisotopic (exact) mass is 319 g/mol. The molecule has 3 rings (SSSR count). The zero-order valence-electron chi connectivity index (χ0n) is 14.6. The van der Waals surface area contributed by atoms with E-state index in [1.165, 1.54) is 19.3 Å². The zero-order valence-corrected chi connectivity index (χ0v) is 14.6. The zero-order chi connectivity index (χ0) is 16.4. The van der Waals surface area contributed by atoms with Crippen molar-refractivity contribution in [2.24, 2.45) is 5.92 Å². The van der Waals surface area contributed by atoms with Crippen LogP contribution >= 0.6 is 0 Å². The first-order valence-corrected chi connectivity index (χ1v) is 8.84. The van der Waals surface area contributed by atoms with Crippen molar-refractivity contribution in [3.8, 4) is 0 Å². The maximum Gasteiger partial charge on any atom is 0.266 e. The summed E-state index contributed by atoms with van der Waals surface area (Å²) in [5, 5.41) is 4.57. The maximum absolute atomic E-state index is 12.0. The number of rotatable bonds is 4. The topological polar surface area (TPSA) is 47.4 Å². The summed E-state index contributed by atoms with van der Waals surface area (Å²) in [5.74, 6) is 0.527. The van der Waals surface area contributed by atoms with Crippen molar-refractivity contribution < 1.29 is 4.74 Å². The predicted octanol–water partition coefficient (Wildman–Crippen LogP) is 2.04. The highest BCUT2D eigenvalue weighted by Crippen LogP contribution is 2.22. The number of likely N-dealkylation sites (tertiary alicyclic amines) is 1. The van der Waals surface area contributed by atoms with Crippen LogP contribution in [0.4, 0.5) is 0 Å². The fraction of sp³-hybridized carbons (Fsp3) is 0.778. The van der Waals surface area contributed by atoms with Gasteiger partial charge in [0.1, 0.15) is 0 Å². The summed E-state index contributed by atoms with van der Waals surface area (Å²) in [6, 6.07) is 3.51. The number of hydrogen-bond acceptors (Lipinski definition) is 4. The van der Waals surface area contributed by atoms with Crippen LogP contribution in [-0.4, -0.2) is 47.0 Å². The van der Waals surface area contributed by atoms with E-state index in [4.69, 9.17) is 4.74 Å². The number of hydrogen-bond donors (Lipinski definition) is 0. The third-order valence-corrected chi connectivity index (χ3v) is 4.83. The van der Waals surface area contributed by atoms with Crippen LogP contribution in [0.15, 0.2) is 16.9 Å². The van der Waals surface area contributed by atoms with Gasteiger partial charge in [0, 0.05) is 43.6 Å². The van der Waals surface area contributed by atoms with Gasteiger partial charge in [0.05, 0.1) is 18.3 Å². The highest BCUT2D eigenvalue weighted by Gasteiger charge is 2.30. The van der Waals surface area contributed by atoms with Crippen molar-refractivity contribution in [2.75, 3.05) is 26.2 Å². The van der Waals surface area contributed by atoms with E-state index in [0.29, 0.717) is 12.0 Å². The third-order valence-electron chi connectivity index (χ3n) is 4.83. The summed E-state index contributed by atoms with van der Waals surface area (Å²) in [6.07, 6.45) is 4.10. The van der Waals surface area contributed by atoms with Crippen molar-refractivity contribution in [3.05, 3.63) is 28.2 Å². The molecular weight excluding hydrogens is 290 g/mol. The fourth-order valence-electron chi connectivity index (χ4n) is 3.41. The molecular formula is C18H29N3O2. The summed E-state index contributed by atoms with van der Waals surface area (Å²) in [7, 11) is 0. The van der Waals surface area contributed by atoms with Crippen molar-refractivity contribution >= 4 is 0 Å². The quantitative estimate of drug-likeness (QED) is 0.852. The Morgan fingerprint density at radius 3 is 2.65 bits per heavy atom. The molecule has 0 radical (unpaired) electrons. The Morgan fingerprint density at radius 2 is 2.00 bits per heavy atom. The molecule has 23 heavy (non-hydrogen) atoms. The number of aromatic nitrogens is 2. The molecule has 2 aliphatic rings. The summed E-state index contributed by atoms with van der Waals surface area (Å²) < 4.78 is 7.45. The molecule has 0 spiro atoms. The average Bonchev–Trinajstić information content (AvgIpc) is 2.47. The molecule has 2 fully saturated rings. The van der Waals surface area contributed by atoms with E-state index in [0.717, 1.165) is 38.5 Å². The molecule has 5 nitrogen and oxygen atoms in total. The largest absolute Gasteiger partial charge is 0.377 e. The van der Waals surface area contributed by atoms with Crippen LogP contribution in [0.5, 0.6) is 0 Å². The van der Waals surface area contributed by atoms with Crippen LogP contribution in [-0.2, 0) is 16.7 Å². The van der Waals surface area contributed by atoms with Gasteiger partial charge in [-0.15, -0.1) is 0 Å². The van der Waals surface area contributed by atoms with E-state index in [-0.39, 0.29) is 11.0 Å². The second-order valence-corrected chi connectivity index (χ2v) is 8.06. The Labute approximate surface area is 138 Å². The molecule has 3 heterocycles. The van der Waals surface area contributed by atoms with Crippen LogP contribution in [0.2, 0.25) is 0 Å². The highest BCUT2D eigenvalue weighted by molar-refractivity contribution is 5.10. The van der Waals surface area contributed by atoms with E-state index in [9.17, 15) is 4.79 Å². The number of nitrogens with zero attached hydrogens (tertiary/aromatic N) is 3. The molecule has 0 aliphatic carbocycles. The molecule has 1 atom stereocenters. The van der Waals surface area contributed by atoms with E-state index in [1.807, 2.05) is 6.07 Å². The van der Waals surface area contributed by atoms with Gasteiger partial charge in [0.2, 0.25) is 0 Å². The van der Waals surface area contributed by atoms with E-state index < -0.39 is 0 Å². The Kier molecular flexibility index (Phi) is 4.87. The summed E-state index contributed by atoms with van der Waals surface area (Å²) in [5.41, 5.74) is 0.954. The predicted molar refractivity (Wildman–Crippen MR) is 90.7 cm³/mol. The van der Waals surface area contributed by atoms with Crippen LogP contribution in [0.25, 0.3) is 0 Å². The molecule has 2 saturated heterocycles. The van der Waals surface area contributed by atoms with Crippen LogP contribution in [0, 0.1) is 5.92 Å². The lowest BCUT2D eigenvalue weighted by molar-refractivity contribution is -0.0323. The molecule has 0 amide bonds. The van der Waals surface area contributed by atoms with Crippen molar-refractivity contribution in [1.29, 1.82) is 0 Å². The minimum absolute atomic E-state index is 0.00654. The normalized spacial score (nSPS) is 23.7. The maximum atomic E-state index is 12.0. The first kappa shape index (κ1) is 16.7. The molecule has 5 heteroatoms. The van der Waals surface area contributed by atoms with E-state index in [2.05, 4.69) is 30.8 Å². The van der Waals surface area contributed by atoms with Gasteiger partial charge in [0.15, 0.2) is 0 Å². The molecule has 0 N–H and O–H groups in total. The minimum Gasteiger partial charge on any atom is -0.377 e. The van der Waals surface area contributed by atoms with Gasteiger partial charge >= 0.3 is 0 Å². The standard InChI is InChI=1S/C18H29N3O2/c1-18(2,3)16-7-8-17(22)21(19-16)12-14-10-20(11-14)13-15-6-4-5-9-23-15/h7-8,14-15H,4-6,9-13H2,1-3H3. The van der Waals surface area contributed by atoms with Crippen molar-refractivity contribution in [3.63, 3.8) is 0 Å². The Morgan fingerprint density at radius 1 is 1.22 bits per heavy atom. The molecule has 0 bridgehead atoms. The van der Waals surface area contributed by atoms with E-state index >= 15 is 0 Å². The van der Waals surface area contributed by atoms with Gasteiger partial charge < -0.3 is 4.74 Å². The van der Waals surface area contributed by atoms with Gasteiger partial charge in [-0.05, 0) is 25.3 Å². The summed E-state index contributed by atoms with van der Waals surface area (Å²) in [6.45, 7) is 11.2. The Balaban J connectivity index is 1.52. The average molecular weight is 319 g/mol. The molecule has 1 aromatic heterocycles. The van der Waals surface area contributed by atoms with Crippen molar-refractivity contribution in [2.45, 2.75) is 58.1 Å². The smallest absolute Gasteiger partial charge is 0.266 e. The van der Waals surface area contributed by atoms with Gasteiger partial charge in [-0.2, -0.15) is 5.10 Å². The van der Waals surface area contributed by atoms with Gasteiger partial charge in [0.25, 0.3) is 5.56 Å². The molecule has 2 aliphatic heterocycles. The van der Waals surface area contributed by atoms with Crippen LogP contribution in [0.3, 0.4) is 0 Å². The summed E-state index contributed by atoms with van der Waals surface area (Å²) in [4.78, 5) is 14.5. The first-order valence-electron chi connectivity index (χ1n) is 8.84. The SMILES string of the molecule is CC(C)(C)c1ccc(=O)n(CC2CN(CC3CCCCO3)C2)n1. The lowest BCUT2D eigenvalue weighted by Crippen LogP contribution is -2.52. The van der Waals surface area contributed by atoms with Gasteiger partial charge in [-0.3, -0.25) is 9.69 Å². The molecule has 1 aromatic rings. The Hall–Kier alpha value is -1.20. The molecule has 0 aromatic carbocycles. The summed E-state index contributed by atoms with van der Waals surface area (Å²) >= 11 is 0. The molecule has 128 valence electrons. The van der Waals surface area contributed by atoms with Crippen LogP contribution < -0.4 is 5.56 Å². The second kappa shape index (κ2) is 6.73. The Bertz CT molecular complexity index is 579. The van der Waals surface area contributed by atoms with Gasteiger partial charge in [-0.25, -0.2) is 4.68 Å². The van der Waals surface area contributed by atoms with Crippen LogP contribution in [0.1, 0.15) is 45.7 Å². The van der Waals surface area contributed by atoms with E-state index in [1.54, 1.807) is 10.7 Å². The fourth-order valence-corrected chi connectivity index (χ4v) is 3.41. The molecule has 1 unspecified atom stereocenters. The lowest BCUT2D eigenvalue weighted by atomic mass is 9.92. The second-order valence-electron chi connectivity index (χ2n) is 8.06. The van der Waals surface area contributed by atoms with Gasteiger partial charge in [-0.1, -0.05) is 20.8 Å². The van der Waals surface area contributed by atoms with Crippen molar-refractivity contribution in [1.82, 2.24) is 14.7 Å². The minimum atomic E-state index is -0.0284. The third kappa shape index (κ3) is 4.21. The molecule has 0 saturated carbocycles. The lowest BCUT2D eigenvalue weighted by Gasteiger charge is -2.41. The first-order chi connectivity index (χ1) is 10.9. The highest BCUT2D eigenvalue weighted by atomic mass is 16.5. The number of ether oxygens (including phenoxy) is 1.